The van der Waals surface area contributed by atoms with E-state index >= 15 is 0 Å². The quantitative estimate of drug-likeness (QED) is 0.677. The molecule has 0 amide bonds. The fourth-order valence-corrected chi connectivity index (χ4v) is 2.57. The van der Waals surface area contributed by atoms with Crippen molar-refractivity contribution in [1.29, 1.82) is 0 Å². The Morgan fingerprint density at radius 1 is 1.21 bits per heavy atom. The summed E-state index contributed by atoms with van der Waals surface area (Å²) in [7, 11) is 1.66. The summed E-state index contributed by atoms with van der Waals surface area (Å²) in [5, 5.41) is 3.41. The smallest absolute Gasteiger partial charge is 0.152 e. The van der Waals surface area contributed by atoms with Crippen LogP contribution in [0, 0.1) is 5.82 Å². The van der Waals surface area contributed by atoms with Crippen LogP contribution >= 0.6 is 50.7 Å². The van der Waals surface area contributed by atoms with E-state index in [1.807, 2.05) is 0 Å². The van der Waals surface area contributed by atoms with Crippen molar-refractivity contribution >= 4 is 56.6 Å². The van der Waals surface area contributed by atoms with Crippen LogP contribution in [0.4, 0.5) is 10.2 Å². The van der Waals surface area contributed by atoms with Gasteiger partial charge in [0.25, 0.3) is 0 Å². The molecule has 0 saturated heterocycles. The largest absolute Gasteiger partial charge is 0.372 e. The van der Waals surface area contributed by atoms with Crippen LogP contribution in [0.25, 0.3) is 11.3 Å². The fraction of sp³-hybridized carbons (Fsp3) is 0.0833. The molecule has 1 N–H and O–H groups in total. The fourth-order valence-electron chi connectivity index (χ4n) is 1.54. The monoisotopic (exact) mass is 382 g/mol. The van der Waals surface area contributed by atoms with E-state index in [4.69, 9.17) is 34.8 Å². The number of nitrogens with one attached hydrogen (secondary N) is 1. The number of pyridine rings is 1. The zero-order chi connectivity index (χ0) is 14.2. The van der Waals surface area contributed by atoms with Crippen molar-refractivity contribution in [3.63, 3.8) is 0 Å². The number of rotatable bonds is 2. The Labute approximate surface area is 133 Å². The van der Waals surface area contributed by atoms with Gasteiger partial charge in [-0.15, -0.1) is 0 Å². The maximum atomic E-state index is 14.2. The number of hydrogen-bond donors (Lipinski definition) is 1. The lowest BCUT2D eigenvalue weighted by Gasteiger charge is -2.10. The second-order valence-electron chi connectivity index (χ2n) is 3.62. The molecule has 0 aliphatic carbocycles. The molecular weight excluding hydrogens is 377 g/mol. The Kier molecular flexibility index (Phi) is 4.56. The topological polar surface area (TPSA) is 24.9 Å². The highest BCUT2D eigenvalue weighted by atomic mass is 79.9. The summed E-state index contributed by atoms with van der Waals surface area (Å²) >= 11 is 21.0. The Morgan fingerprint density at radius 3 is 2.53 bits per heavy atom. The SMILES string of the molecule is CNc1nc(-c2ccc(Br)c(Cl)c2F)c(Cl)cc1Cl. The van der Waals surface area contributed by atoms with Gasteiger partial charge >= 0.3 is 0 Å². The molecule has 1 heterocycles. The van der Waals surface area contributed by atoms with Crippen LogP contribution in [0.1, 0.15) is 0 Å². The first-order chi connectivity index (χ1) is 8.95. The molecule has 2 nitrogen and oxygen atoms in total. The number of benzene rings is 1. The molecule has 19 heavy (non-hydrogen) atoms. The second-order valence-corrected chi connectivity index (χ2v) is 5.67. The summed E-state index contributed by atoms with van der Waals surface area (Å²) in [4.78, 5) is 4.20. The van der Waals surface area contributed by atoms with Gasteiger partial charge in [-0.1, -0.05) is 34.8 Å². The lowest BCUT2D eigenvalue weighted by molar-refractivity contribution is 0.630. The number of aromatic nitrogens is 1. The van der Waals surface area contributed by atoms with Gasteiger partial charge < -0.3 is 5.32 Å². The van der Waals surface area contributed by atoms with E-state index in [9.17, 15) is 4.39 Å². The van der Waals surface area contributed by atoms with Gasteiger partial charge in [0.1, 0.15) is 5.82 Å². The molecule has 1 aromatic carbocycles. The Hall–Kier alpha value is -0.550. The molecule has 2 aromatic rings. The third-order valence-corrected chi connectivity index (χ3v) is 4.29. The van der Waals surface area contributed by atoms with Gasteiger partial charge in [-0.3, -0.25) is 0 Å². The van der Waals surface area contributed by atoms with Crippen molar-refractivity contribution in [2.45, 2.75) is 0 Å². The molecule has 100 valence electrons. The molecule has 2 rings (SSSR count). The van der Waals surface area contributed by atoms with Crippen LogP contribution in [-0.4, -0.2) is 12.0 Å². The zero-order valence-corrected chi connectivity index (χ0v) is 13.4. The number of nitrogens with zero attached hydrogens (tertiary/aromatic N) is 1. The van der Waals surface area contributed by atoms with Crippen LogP contribution < -0.4 is 5.32 Å². The minimum atomic E-state index is -0.588. The average Bonchev–Trinajstić information content (AvgIpc) is 2.37. The van der Waals surface area contributed by atoms with Gasteiger partial charge in [-0.05, 0) is 34.1 Å². The van der Waals surface area contributed by atoms with Crippen LogP contribution in [-0.2, 0) is 0 Å². The Morgan fingerprint density at radius 2 is 1.89 bits per heavy atom. The number of anilines is 1. The molecule has 7 heteroatoms. The molecule has 0 aliphatic heterocycles. The van der Waals surface area contributed by atoms with Crippen molar-refractivity contribution in [3.05, 3.63) is 43.6 Å². The van der Waals surface area contributed by atoms with E-state index in [2.05, 4.69) is 26.2 Å². The molecule has 1 aromatic heterocycles. The second kappa shape index (κ2) is 5.83. The maximum Gasteiger partial charge on any atom is 0.152 e. The van der Waals surface area contributed by atoms with Gasteiger partial charge in [-0.2, -0.15) is 0 Å². The minimum Gasteiger partial charge on any atom is -0.372 e. The highest BCUT2D eigenvalue weighted by Crippen LogP contribution is 2.37. The first-order valence-corrected chi connectivity index (χ1v) is 7.06. The van der Waals surface area contributed by atoms with E-state index in [0.29, 0.717) is 15.3 Å². The standard InChI is InChI=1S/C12H7BrCl3FN2/c1-18-12-8(15)4-7(14)11(19-12)5-2-3-6(13)9(16)10(5)17/h2-4H,1H3,(H,18,19). The zero-order valence-electron chi connectivity index (χ0n) is 9.57. The van der Waals surface area contributed by atoms with E-state index < -0.39 is 5.82 Å². The molecule has 0 saturated carbocycles. The minimum absolute atomic E-state index is 0.0173. The molecule has 0 radical (unpaired) electrons. The van der Waals surface area contributed by atoms with E-state index in [1.165, 1.54) is 6.07 Å². The Balaban J connectivity index is 2.69. The van der Waals surface area contributed by atoms with Gasteiger partial charge in [0.15, 0.2) is 5.82 Å². The normalized spacial score (nSPS) is 10.6. The highest BCUT2D eigenvalue weighted by molar-refractivity contribution is 9.10. The molecule has 0 aliphatic rings. The predicted molar refractivity (Wildman–Crippen MR) is 81.9 cm³/mol. The summed E-state index contributed by atoms with van der Waals surface area (Å²) < 4.78 is 14.6. The average molecular weight is 384 g/mol. The molecule has 0 unspecified atom stereocenters. The summed E-state index contributed by atoms with van der Waals surface area (Å²) in [6.07, 6.45) is 0. The Bertz CT molecular complexity index is 649. The van der Waals surface area contributed by atoms with E-state index in [1.54, 1.807) is 19.2 Å². The van der Waals surface area contributed by atoms with E-state index in [-0.39, 0.29) is 21.3 Å². The molecule has 0 fully saturated rings. The van der Waals surface area contributed by atoms with Crippen molar-refractivity contribution < 1.29 is 4.39 Å². The van der Waals surface area contributed by atoms with Crippen molar-refractivity contribution in [3.8, 4) is 11.3 Å². The van der Waals surface area contributed by atoms with Crippen LogP contribution in [0.2, 0.25) is 15.1 Å². The van der Waals surface area contributed by atoms with Crippen LogP contribution in [0.5, 0.6) is 0 Å². The van der Waals surface area contributed by atoms with Gasteiger partial charge in [0, 0.05) is 17.1 Å². The molecule has 0 atom stereocenters. The summed E-state index contributed by atoms with van der Waals surface area (Å²) in [6.45, 7) is 0. The predicted octanol–water partition coefficient (Wildman–Crippen LogP) is 5.65. The summed E-state index contributed by atoms with van der Waals surface area (Å²) in [5.74, 6) is -0.172. The third-order valence-electron chi connectivity index (χ3n) is 2.46. The van der Waals surface area contributed by atoms with Gasteiger partial charge in [-0.25, -0.2) is 9.37 Å². The first-order valence-electron chi connectivity index (χ1n) is 5.13. The number of hydrogen-bond acceptors (Lipinski definition) is 2. The summed E-state index contributed by atoms with van der Waals surface area (Å²) in [6, 6.07) is 4.69. The number of halogens is 5. The summed E-state index contributed by atoms with van der Waals surface area (Å²) in [5.41, 5.74) is 0.494. The molecule has 0 spiro atoms. The first kappa shape index (κ1) is 14.9. The van der Waals surface area contributed by atoms with Gasteiger partial charge in [0.2, 0.25) is 0 Å². The van der Waals surface area contributed by atoms with Crippen molar-refractivity contribution in [2.24, 2.45) is 0 Å². The van der Waals surface area contributed by atoms with Crippen LogP contribution in [0.15, 0.2) is 22.7 Å². The lowest BCUT2D eigenvalue weighted by Crippen LogP contribution is -1.97. The van der Waals surface area contributed by atoms with Gasteiger partial charge in [0.05, 0.1) is 20.8 Å². The van der Waals surface area contributed by atoms with Crippen molar-refractivity contribution in [1.82, 2.24) is 4.98 Å². The molecule has 0 bridgehead atoms. The highest BCUT2D eigenvalue weighted by Gasteiger charge is 2.17. The molecular formula is C12H7BrCl3FN2. The van der Waals surface area contributed by atoms with Crippen LogP contribution in [0.3, 0.4) is 0 Å². The third kappa shape index (κ3) is 2.82. The van der Waals surface area contributed by atoms with E-state index in [0.717, 1.165) is 0 Å². The lowest BCUT2D eigenvalue weighted by atomic mass is 10.1. The maximum absolute atomic E-state index is 14.2. The van der Waals surface area contributed by atoms with Crippen molar-refractivity contribution in [2.75, 3.05) is 12.4 Å².